The fourth-order valence-corrected chi connectivity index (χ4v) is 3.69. The number of nitrogens with zero attached hydrogens (tertiary/aromatic N) is 1. The molecule has 0 aliphatic carbocycles. The molecule has 16 heavy (non-hydrogen) atoms. The number of amides is 1. The van der Waals surface area contributed by atoms with Crippen molar-refractivity contribution in [1.82, 2.24) is 4.90 Å². The van der Waals surface area contributed by atoms with Crippen LogP contribution in [-0.2, 0) is 9.59 Å². The summed E-state index contributed by atoms with van der Waals surface area (Å²) in [5.74, 6) is -1.92. The number of β-lactam (4-membered cyclic amide) rings is 1. The van der Waals surface area contributed by atoms with Gasteiger partial charge in [-0.2, -0.15) is 0 Å². The lowest BCUT2D eigenvalue weighted by atomic mass is 9.82. The molecule has 6 heteroatoms. The summed E-state index contributed by atoms with van der Waals surface area (Å²) < 4.78 is 0. The molecule has 0 bridgehead atoms. The van der Waals surface area contributed by atoms with Gasteiger partial charge in [0.1, 0.15) is 11.1 Å². The number of allylic oxidation sites excluding steroid dienone is 1. The summed E-state index contributed by atoms with van der Waals surface area (Å²) in [4.78, 5) is 24.7. The van der Waals surface area contributed by atoms with Crippen molar-refractivity contribution in [3.8, 4) is 0 Å². The van der Waals surface area contributed by atoms with Gasteiger partial charge in [-0.1, -0.05) is 0 Å². The van der Waals surface area contributed by atoms with E-state index in [2.05, 4.69) is 0 Å². The van der Waals surface area contributed by atoms with Crippen LogP contribution in [0.25, 0.3) is 0 Å². The molecule has 1 saturated heterocycles. The van der Waals surface area contributed by atoms with Crippen LogP contribution in [0.15, 0.2) is 10.6 Å². The van der Waals surface area contributed by atoms with Crippen LogP contribution in [0.5, 0.6) is 0 Å². The predicted octanol–water partition coefficient (Wildman–Crippen LogP) is 0.605. The van der Waals surface area contributed by atoms with E-state index in [4.69, 9.17) is 5.11 Å². The minimum Gasteiger partial charge on any atom is -0.477 e. The molecule has 0 aromatic rings. The first-order valence-corrected chi connectivity index (χ1v) is 5.79. The monoisotopic (exact) mass is 243 g/mol. The number of carbonyl (C=O) groups excluding carboxylic acids is 1. The summed E-state index contributed by atoms with van der Waals surface area (Å²) in [5.41, 5.74) is -1.06. The fourth-order valence-electron chi connectivity index (χ4n) is 2.13. The highest BCUT2D eigenvalue weighted by Crippen LogP contribution is 2.51. The Balaban J connectivity index is 2.29. The Morgan fingerprint density at radius 2 is 2.06 bits per heavy atom. The third-order valence-corrected chi connectivity index (χ3v) is 4.15. The van der Waals surface area contributed by atoms with E-state index < -0.39 is 17.5 Å². The number of carboxylic acid groups (broad SMARTS) is 1. The van der Waals surface area contributed by atoms with E-state index in [-0.39, 0.29) is 17.0 Å². The van der Waals surface area contributed by atoms with Crippen molar-refractivity contribution >= 4 is 23.6 Å². The Labute approximate surface area is 97.1 Å². The van der Waals surface area contributed by atoms with Crippen LogP contribution in [0, 0.1) is 5.92 Å². The average molecular weight is 243 g/mol. The molecule has 0 saturated carbocycles. The lowest BCUT2D eigenvalue weighted by Crippen LogP contribution is -2.64. The van der Waals surface area contributed by atoms with Crippen molar-refractivity contribution in [2.45, 2.75) is 31.7 Å². The van der Waals surface area contributed by atoms with Gasteiger partial charge >= 0.3 is 5.97 Å². The van der Waals surface area contributed by atoms with Gasteiger partial charge in [0.15, 0.2) is 0 Å². The Kier molecular flexibility index (Phi) is 2.32. The molecule has 2 aliphatic rings. The highest BCUT2D eigenvalue weighted by molar-refractivity contribution is 8.04. The summed E-state index contributed by atoms with van der Waals surface area (Å²) in [6.07, 6.45) is 0. The quantitative estimate of drug-likeness (QED) is 0.695. The molecule has 2 rings (SSSR count). The number of hydrogen-bond donors (Lipinski definition) is 2. The van der Waals surface area contributed by atoms with Gasteiger partial charge in [0.25, 0.3) is 0 Å². The maximum atomic E-state index is 11.8. The van der Waals surface area contributed by atoms with Crippen molar-refractivity contribution in [3.63, 3.8) is 0 Å². The molecule has 1 unspecified atom stereocenters. The van der Waals surface area contributed by atoms with Crippen LogP contribution in [0.4, 0.5) is 0 Å². The maximum absolute atomic E-state index is 11.8. The van der Waals surface area contributed by atoms with Crippen LogP contribution in [0.3, 0.4) is 0 Å². The summed E-state index contributed by atoms with van der Waals surface area (Å²) >= 11 is 1.33. The van der Waals surface area contributed by atoms with E-state index in [1.807, 2.05) is 0 Å². The molecule has 0 aromatic carbocycles. The zero-order valence-electron chi connectivity index (χ0n) is 9.22. The first kappa shape index (κ1) is 11.5. The van der Waals surface area contributed by atoms with Crippen molar-refractivity contribution in [3.05, 3.63) is 10.6 Å². The van der Waals surface area contributed by atoms with E-state index in [1.165, 1.54) is 16.7 Å². The van der Waals surface area contributed by atoms with Crippen molar-refractivity contribution in [2.24, 2.45) is 5.92 Å². The Morgan fingerprint density at radius 1 is 1.50 bits per heavy atom. The van der Waals surface area contributed by atoms with Gasteiger partial charge < -0.3 is 10.2 Å². The fraction of sp³-hybridized carbons (Fsp3) is 0.600. The number of hydrogen-bond acceptors (Lipinski definition) is 4. The van der Waals surface area contributed by atoms with Gasteiger partial charge in [-0.05, 0) is 20.8 Å². The van der Waals surface area contributed by atoms with Crippen LogP contribution in [0.2, 0.25) is 0 Å². The third kappa shape index (κ3) is 1.36. The first-order chi connectivity index (χ1) is 7.25. The molecule has 2 atom stereocenters. The lowest BCUT2D eigenvalue weighted by Gasteiger charge is -2.47. The summed E-state index contributed by atoms with van der Waals surface area (Å²) in [7, 11) is 0. The zero-order valence-corrected chi connectivity index (χ0v) is 10.0. The number of rotatable bonds is 2. The largest absolute Gasteiger partial charge is 0.477 e. The maximum Gasteiger partial charge on any atom is 0.353 e. The van der Waals surface area contributed by atoms with Gasteiger partial charge in [-0.3, -0.25) is 9.69 Å². The van der Waals surface area contributed by atoms with Gasteiger partial charge in [-0.25, -0.2) is 4.79 Å². The molecule has 0 spiro atoms. The normalized spacial score (nSPS) is 29.2. The van der Waals surface area contributed by atoms with Crippen LogP contribution < -0.4 is 0 Å². The topological polar surface area (TPSA) is 77.8 Å². The first-order valence-electron chi connectivity index (χ1n) is 4.91. The van der Waals surface area contributed by atoms with Crippen molar-refractivity contribution < 1.29 is 19.8 Å². The minimum absolute atomic E-state index is 0.0560. The molecular formula is C10H13NO4S. The summed E-state index contributed by atoms with van der Waals surface area (Å²) in [5, 5.41) is 18.6. The molecule has 2 aliphatic heterocycles. The molecule has 0 radical (unpaired) electrons. The van der Waals surface area contributed by atoms with E-state index in [0.717, 1.165) is 0 Å². The second-order valence-corrected chi connectivity index (χ2v) is 5.89. The summed E-state index contributed by atoms with van der Waals surface area (Å²) in [6.45, 7) is 4.82. The van der Waals surface area contributed by atoms with E-state index >= 15 is 0 Å². The van der Waals surface area contributed by atoms with Gasteiger partial charge in [0.2, 0.25) is 5.91 Å². The number of carboxylic acids is 1. The molecule has 1 fully saturated rings. The predicted molar refractivity (Wildman–Crippen MR) is 58.3 cm³/mol. The lowest BCUT2D eigenvalue weighted by molar-refractivity contribution is -0.163. The molecule has 88 valence electrons. The van der Waals surface area contributed by atoms with Gasteiger partial charge in [-0.15, -0.1) is 11.8 Å². The second-order valence-electron chi connectivity index (χ2n) is 4.56. The van der Waals surface area contributed by atoms with Crippen LogP contribution >= 0.6 is 11.8 Å². The molecule has 0 aromatic heterocycles. The minimum atomic E-state index is -1.11. The van der Waals surface area contributed by atoms with Gasteiger partial charge in [0, 0.05) is 4.91 Å². The highest BCUT2D eigenvalue weighted by Gasteiger charge is 2.59. The molecular weight excluding hydrogens is 230 g/mol. The van der Waals surface area contributed by atoms with Crippen molar-refractivity contribution in [1.29, 1.82) is 0 Å². The Morgan fingerprint density at radius 3 is 2.50 bits per heavy atom. The molecule has 2 heterocycles. The number of carbonyl (C=O) groups is 2. The van der Waals surface area contributed by atoms with E-state index in [1.54, 1.807) is 20.8 Å². The van der Waals surface area contributed by atoms with Crippen LogP contribution in [-0.4, -0.2) is 38.0 Å². The number of fused-ring (bicyclic) bond motifs is 1. The molecule has 1 amide bonds. The number of aliphatic carboxylic acids is 1. The number of aliphatic hydroxyl groups is 1. The third-order valence-electron chi connectivity index (χ3n) is 2.88. The smallest absolute Gasteiger partial charge is 0.353 e. The Hall–Kier alpha value is -1.01. The SMILES string of the molecule is CC1=C(C(=O)O)N2C(=O)C(C(C)(C)O)[C@@H]2S1. The van der Waals surface area contributed by atoms with Crippen LogP contribution in [0.1, 0.15) is 20.8 Å². The molecule has 5 nitrogen and oxygen atoms in total. The second kappa shape index (κ2) is 3.24. The highest BCUT2D eigenvalue weighted by atomic mass is 32.2. The van der Waals surface area contributed by atoms with E-state index in [9.17, 15) is 14.7 Å². The molecule has 2 N–H and O–H groups in total. The number of thioether (sulfide) groups is 1. The van der Waals surface area contributed by atoms with Gasteiger partial charge in [0.05, 0.1) is 11.5 Å². The Bertz CT molecular complexity index is 410. The average Bonchev–Trinajstić information content (AvgIpc) is 2.36. The van der Waals surface area contributed by atoms with Crippen molar-refractivity contribution in [2.75, 3.05) is 0 Å². The standard InChI is InChI=1S/C10H13NO4S/c1-4-6(9(13)14)11-7(12)5(8(11)16-4)10(2,3)15/h5,8,15H,1-3H3,(H,13,14)/t5?,8-/m0/s1. The van der Waals surface area contributed by atoms with E-state index in [0.29, 0.717) is 4.91 Å². The zero-order chi connectivity index (χ0) is 12.2. The summed E-state index contributed by atoms with van der Waals surface area (Å²) in [6, 6.07) is 0.